The van der Waals surface area contributed by atoms with E-state index < -0.39 is 0 Å². The van der Waals surface area contributed by atoms with E-state index in [1.807, 2.05) is 47.3 Å². The number of hydrogen-bond donors (Lipinski definition) is 0. The van der Waals surface area contributed by atoms with Gasteiger partial charge >= 0.3 is 0 Å². The second-order valence-electron chi connectivity index (χ2n) is 3.59. The van der Waals surface area contributed by atoms with E-state index in [-0.39, 0.29) is 0 Å². The highest BCUT2D eigenvalue weighted by atomic mass is 79.9. The van der Waals surface area contributed by atoms with Crippen molar-refractivity contribution in [3.05, 3.63) is 59.2 Å². The van der Waals surface area contributed by atoms with Gasteiger partial charge in [-0.15, -0.1) is 0 Å². The number of benzene rings is 2. The molecule has 0 N–H and O–H groups in total. The number of fused-ring (bicyclic) bond motifs is 1. The molecule has 3 rings (SSSR count). The molecule has 0 atom stereocenters. The monoisotopic (exact) mass is 272 g/mol. The van der Waals surface area contributed by atoms with Crippen LogP contribution in [0.25, 0.3) is 16.6 Å². The highest BCUT2D eigenvalue weighted by molar-refractivity contribution is 9.10. The van der Waals surface area contributed by atoms with Gasteiger partial charge in [0.05, 0.1) is 17.4 Å². The summed E-state index contributed by atoms with van der Waals surface area (Å²) in [7, 11) is 0. The molecule has 0 aliphatic heterocycles. The molecule has 0 aliphatic rings. The van der Waals surface area contributed by atoms with Crippen LogP contribution in [0.2, 0.25) is 0 Å². The summed E-state index contributed by atoms with van der Waals surface area (Å²) in [5.41, 5.74) is 2.20. The van der Waals surface area contributed by atoms with Crippen molar-refractivity contribution in [1.29, 1.82) is 0 Å². The SMILES string of the molecule is Brc1ccc(-n2ncc3ccccc32)cc1. The van der Waals surface area contributed by atoms with Gasteiger partial charge in [0.25, 0.3) is 0 Å². The van der Waals surface area contributed by atoms with Gasteiger partial charge in [0.15, 0.2) is 0 Å². The average Bonchev–Trinajstić information content (AvgIpc) is 2.74. The smallest absolute Gasteiger partial charge is 0.0741 e. The molecule has 3 heteroatoms. The second-order valence-corrected chi connectivity index (χ2v) is 4.51. The molecule has 0 saturated carbocycles. The van der Waals surface area contributed by atoms with Crippen molar-refractivity contribution in [3.63, 3.8) is 0 Å². The number of aromatic nitrogens is 2. The van der Waals surface area contributed by atoms with Crippen LogP contribution in [0.4, 0.5) is 0 Å². The van der Waals surface area contributed by atoms with Gasteiger partial charge in [-0.05, 0) is 30.3 Å². The number of nitrogens with zero attached hydrogens (tertiary/aromatic N) is 2. The Morgan fingerprint density at radius 2 is 1.69 bits per heavy atom. The molecule has 1 aromatic heterocycles. The van der Waals surface area contributed by atoms with Gasteiger partial charge in [-0.3, -0.25) is 0 Å². The van der Waals surface area contributed by atoms with Crippen LogP contribution < -0.4 is 0 Å². The van der Waals surface area contributed by atoms with Crippen LogP contribution in [0.15, 0.2) is 59.2 Å². The van der Waals surface area contributed by atoms with E-state index in [0.717, 1.165) is 21.1 Å². The predicted molar refractivity (Wildman–Crippen MR) is 68.8 cm³/mol. The molecule has 0 unspecified atom stereocenters. The molecule has 0 saturated heterocycles. The van der Waals surface area contributed by atoms with E-state index in [9.17, 15) is 0 Å². The Kier molecular flexibility index (Phi) is 2.26. The quantitative estimate of drug-likeness (QED) is 0.659. The van der Waals surface area contributed by atoms with Crippen molar-refractivity contribution in [1.82, 2.24) is 9.78 Å². The van der Waals surface area contributed by atoms with Crippen LogP contribution in [-0.4, -0.2) is 9.78 Å². The molecule has 0 fully saturated rings. The van der Waals surface area contributed by atoms with Gasteiger partial charge in [-0.25, -0.2) is 4.68 Å². The molecule has 0 spiro atoms. The summed E-state index contributed by atoms with van der Waals surface area (Å²) in [6.45, 7) is 0. The molecule has 0 bridgehead atoms. The lowest BCUT2D eigenvalue weighted by molar-refractivity contribution is 0.910. The molecule has 3 aromatic rings. The molecule has 78 valence electrons. The Labute approximate surface area is 102 Å². The number of rotatable bonds is 1. The fourth-order valence-electron chi connectivity index (χ4n) is 1.76. The Balaban J connectivity index is 2.22. The Bertz CT molecular complexity index is 626. The maximum Gasteiger partial charge on any atom is 0.0741 e. The zero-order chi connectivity index (χ0) is 11.0. The van der Waals surface area contributed by atoms with Crippen molar-refractivity contribution in [2.75, 3.05) is 0 Å². The summed E-state index contributed by atoms with van der Waals surface area (Å²) in [5.74, 6) is 0. The van der Waals surface area contributed by atoms with Crippen LogP contribution in [0, 0.1) is 0 Å². The van der Waals surface area contributed by atoms with E-state index >= 15 is 0 Å². The van der Waals surface area contributed by atoms with Crippen LogP contribution in [0.3, 0.4) is 0 Å². The zero-order valence-corrected chi connectivity index (χ0v) is 10.1. The van der Waals surface area contributed by atoms with E-state index in [1.165, 1.54) is 0 Å². The van der Waals surface area contributed by atoms with Gasteiger partial charge in [-0.2, -0.15) is 5.10 Å². The summed E-state index contributed by atoms with van der Waals surface area (Å²) in [6, 6.07) is 16.3. The molecular formula is C13H9BrN2. The highest BCUT2D eigenvalue weighted by Gasteiger charge is 2.02. The lowest BCUT2D eigenvalue weighted by Gasteiger charge is -2.03. The van der Waals surface area contributed by atoms with E-state index in [1.54, 1.807) is 0 Å². The normalized spacial score (nSPS) is 10.8. The van der Waals surface area contributed by atoms with Crippen LogP contribution >= 0.6 is 15.9 Å². The first-order chi connectivity index (χ1) is 7.84. The fraction of sp³-hybridized carbons (Fsp3) is 0. The lowest BCUT2D eigenvalue weighted by atomic mass is 10.2. The van der Waals surface area contributed by atoms with Crippen LogP contribution in [0.5, 0.6) is 0 Å². The first-order valence-corrected chi connectivity index (χ1v) is 5.82. The summed E-state index contributed by atoms with van der Waals surface area (Å²) >= 11 is 3.43. The summed E-state index contributed by atoms with van der Waals surface area (Å²) in [5, 5.41) is 5.55. The Hall–Kier alpha value is -1.61. The third-order valence-electron chi connectivity index (χ3n) is 2.55. The predicted octanol–water partition coefficient (Wildman–Crippen LogP) is 3.79. The number of hydrogen-bond acceptors (Lipinski definition) is 1. The van der Waals surface area contributed by atoms with E-state index in [0.29, 0.717) is 0 Å². The number of para-hydroxylation sites is 1. The largest absolute Gasteiger partial charge is 0.233 e. The molecule has 2 aromatic carbocycles. The molecule has 1 heterocycles. The second kappa shape index (κ2) is 3.76. The molecule has 16 heavy (non-hydrogen) atoms. The van der Waals surface area contributed by atoms with Gasteiger partial charge in [0.1, 0.15) is 0 Å². The minimum Gasteiger partial charge on any atom is -0.233 e. The first-order valence-electron chi connectivity index (χ1n) is 5.03. The van der Waals surface area contributed by atoms with Gasteiger partial charge in [-0.1, -0.05) is 34.1 Å². The van der Waals surface area contributed by atoms with Crippen molar-refractivity contribution >= 4 is 26.8 Å². The van der Waals surface area contributed by atoms with E-state index in [4.69, 9.17) is 0 Å². The third-order valence-corrected chi connectivity index (χ3v) is 3.08. The maximum absolute atomic E-state index is 4.40. The Morgan fingerprint density at radius 3 is 2.50 bits per heavy atom. The summed E-state index contributed by atoms with van der Waals surface area (Å²) < 4.78 is 3.02. The average molecular weight is 273 g/mol. The zero-order valence-electron chi connectivity index (χ0n) is 8.47. The standard InChI is InChI=1S/C13H9BrN2/c14-11-5-7-12(8-6-11)16-13-4-2-1-3-10(13)9-15-16/h1-9H. The third kappa shape index (κ3) is 1.53. The molecule has 0 radical (unpaired) electrons. The van der Waals surface area contributed by atoms with Crippen molar-refractivity contribution in [3.8, 4) is 5.69 Å². The summed E-state index contributed by atoms with van der Waals surface area (Å²) in [4.78, 5) is 0. The topological polar surface area (TPSA) is 17.8 Å². The molecule has 0 amide bonds. The lowest BCUT2D eigenvalue weighted by Crippen LogP contribution is -1.94. The first kappa shape index (κ1) is 9.60. The van der Waals surface area contributed by atoms with E-state index in [2.05, 4.69) is 33.2 Å². The van der Waals surface area contributed by atoms with Crippen molar-refractivity contribution in [2.24, 2.45) is 0 Å². The maximum atomic E-state index is 4.40. The fourth-order valence-corrected chi connectivity index (χ4v) is 2.02. The molecule has 0 aliphatic carbocycles. The summed E-state index contributed by atoms with van der Waals surface area (Å²) in [6.07, 6.45) is 1.89. The Morgan fingerprint density at radius 1 is 0.938 bits per heavy atom. The van der Waals surface area contributed by atoms with Gasteiger partial charge in [0.2, 0.25) is 0 Å². The minimum atomic E-state index is 1.07. The van der Waals surface area contributed by atoms with Gasteiger partial charge < -0.3 is 0 Å². The van der Waals surface area contributed by atoms with Crippen molar-refractivity contribution < 1.29 is 0 Å². The van der Waals surface area contributed by atoms with Crippen LogP contribution in [-0.2, 0) is 0 Å². The van der Waals surface area contributed by atoms with Crippen LogP contribution in [0.1, 0.15) is 0 Å². The van der Waals surface area contributed by atoms with Gasteiger partial charge in [0, 0.05) is 9.86 Å². The molecular weight excluding hydrogens is 264 g/mol. The highest BCUT2D eigenvalue weighted by Crippen LogP contribution is 2.19. The molecule has 2 nitrogen and oxygen atoms in total. The van der Waals surface area contributed by atoms with Crippen molar-refractivity contribution in [2.45, 2.75) is 0 Å². The minimum absolute atomic E-state index is 1.07. The number of halogens is 1.